The molecular weight excluding hydrogens is 418 g/mol. The minimum Gasteiger partial charge on any atom is -0.369 e. The number of para-hydroxylation sites is 1. The maximum atomic E-state index is 12.1. The van der Waals surface area contributed by atoms with Crippen LogP contribution in [-0.4, -0.2) is 55.2 Å². The molecule has 2 heterocycles. The average molecular weight is 444 g/mol. The molecule has 0 atom stereocenters. The van der Waals surface area contributed by atoms with E-state index in [0.717, 1.165) is 60.8 Å². The summed E-state index contributed by atoms with van der Waals surface area (Å²) in [6.45, 7) is 5.92. The molecule has 4 rings (SSSR count). The highest BCUT2D eigenvalue weighted by molar-refractivity contribution is 7.22. The molecule has 1 aromatic heterocycles. The number of thiazole rings is 1. The van der Waals surface area contributed by atoms with Crippen LogP contribution in [0.5, 0.6) is 0 Å². The highest BCUT2D eigenvalue weighted by Gasteiger charge is 2.16. The zero-order chi connectivity index (χ0) is 20.8. The normalized spacial score (nSPS) is 14.8. The van der Waals surface area contributed by atoms with E-state index in [1.54, 1.807) is 0 Å². The SMILES string of the molecule is O=C(NCCCCN1CCN(c2ccc(Cl)cc2)CC1)Nc1nc2ccccc2s1. The van der Waals surface area contributed by atoms with Crippen LogP contribution in [0.1, 0.15) is 12.8 Å². The second kappa shape index (κ2) is 10.1. The van der Waals surface area contributed by atoms with Gasteiger partial charge in [0.1, 0.15) is 0 Å². The lowest BCUT2D eigenvalue weighted by atomic mass is 10.2. The van der Waals surface area contributed by atoms with Crippen molar-refractivity contribution in [3.63, 3.8) is 0 Å². The van der Waals surface area contributed by atoms with Gasteiger partial charge in [0.2, 0.25) is 0 Å². The number of benzene rings is 2. The number of hydrogen-bond acceptors (Lipinski definition) is 5. The van der Waals surface area contributed by atoms with Crippen LogP contribution in [0.4, 0.5) is 15.6 Å². The van der Waals surface area contributed by atoms with Crippen LogP contribution in [0, 0.1) is 0 Å². The minimum absolute atomic E-state index is 0.189. The van der Waals surface area contributed by atoms with Crippen molar-refractivity contribution in [3.8, 4) is 0 Å². The number of halogens is 1. The molecular formula is C22H26ClN5OS. The molecule has 1 aliphatic rings. The second-order valence-corrected chi connectivity index (χ2v) is 8.85. The first-order chi connectivity index (χ1) is 14.7. The maximum Gasteiger partial charge on any atom is 0.321 e. The van der Waals surface area contributed by atoms with Crippen molar-refractivity contribution in [3.05, 3.63) is 53.6 Å². The smallest absolute Gasteiger partial charge is 0.321 e. The largest absolute Gasteiger partial charge is 0.369 e. The van der Waals surface area contributed by atoms with E-state index in [-0.39, 0.29) is 6.03 Å². The Morgan fingerprint density at radius 1 is 1.03 bits per heavy atom. The van der Waals surface area contributed by atoms with Crippen LogP contribution in [0.2, 0.25) is 5.02 Å². The van der Waals surface area contributed by atoms with E-state index in [4.69, 9.17) is 11.6 Å². The third kappa shape index (κ3) is 5.62. The fourth-order valence-corrected chi connectivity index (χ4v) is 4.60. The highest BCUT2D eigenvalue weighted by atomic mass is 35.5. The van der Waals surface area contributed by atoms with E-state index in [0.29, 0.717) is 11.7 Å². The molecule has 0 bridgehead atoms. The lowest BCUT2D eigenvalue weighted by molar-refractivity contribution is 0.247. The molecule has 30 heavy (non-hydrogen) atoms. The number of amides is 2. The molecule has 0 radical (unpaired) electrons. The van der Waals surface area contributed by atoms with Crippen molar-refractivity contribution < 1.29 is 4.79 Å². The van der Waals surface area contributed by atoms with Crippen LogP contribution in [0.15, 0.2) is 48.5 Å². The molecule has 0 aliphatic carbocycles. The summed E-state index contributed by atoms with van der Waals surface area (Å²) in [7, 11) is 0. The van der Waals surface area contributed by atoms with E-state index < -0.39 is 0 Å². The van der Waals surface area contributed by atoms with Crippen LogP contribution in [-0.2, 0) is 0 Å². The number of piperazine rings is 1. The quantitative estimate of drug-likeness (QED) is 0.521. The van der Waals surface area contributed by atoms with Crippen molar-refractivity contribution >= 4 is 50.0 Å². The average Bonchev–Trinajstić information content (AvgIpc) is 3.17. The third-order valence-corrected chi connectivity index (χ3v) is 6.47. The van der Waals surface area contributed by atoms with Crippen molar-refractivity contribution in [2.45, 2.75) is 12.8 Å². The minimum atomic E-state index is -0.189. The number of hydrogen-bond donors (Lipinski definition) is 2. The summed E-state index contributed by atoms with van der Waals surface area (Å²) in [5.74, 6) is 0. The summed E-state index contributed by atoms with van der Waals surface area (Å²) >= 11 is 7.46. The van der Waals surface area contributed by atoms with Crippen molar-refractivity contribution in [1.82, 2.24) is 15.2 Å². The number of nitrogens with zero attached hydrogens (tertiary/aromatic N) is 3. The number of carbonyl (C=O) groups is 1. The van der Waals surface area contributed by atoms with Gasteiger partial charge in [-0.15, -0.1) is 0 Å². The number of carbonyl (C=O) groups excluding carboxylic acids is 1. The summed E-state index contributed by atoms with van der Waals surface area (Å²) in [4.78, 5) is 21.4. The second-order valence-electron chi connectivity index (χ2n) is 7.38. The molecule has 6 nitrogen and oxygen atoms in total. The van der Waals surface area contributed by atoms with E-state index >= 15 is 0 Å². The maximum absolute atomic E-state index is 12.1. The Kier molecular flexibility index (Phi) is 7.04. The van der Waals surface area contributed by atoms with Crippen LogP contribution >= 0.6 is 22.9 Å². The Hall–Kier alpha value is -2.35. The molecule has 158 valence electrons. The van der Waals surface area contributed by atoms with Gasteiger partial charge in [0.05, 0.1) is 10.2 Å². The molecule has 1 fully saturated rings. The van der Waals surface area contributed by atoms with Gasteiger partial charge in [-0.2, -0.15) is 0 Å². The van der Waals surface area contributed by atoms with Crippen molar-refractivity contribution in [2.24, 2.45) is 0 Å². The Labute approximate surface area is 185 Å². The first-order valence-corrected chi connectivity index (χ1v) is 11.5. The third-order valence-electron chi connectivity index (χ3n) is 5.27. The monoisotopic (exact) mass is 443 g/mol. The summed E-state index contributed by atoms with van der Waals surface area (Å²) in [6.07, 6.45) is 2.03. The summed E-state index contributed by atoms with van der Waals surface area (Å²) in [6, 6.07) is 15.8. The molecule has 0 unspecified atom stereocenters. The van der Waals surface area contributed by atoms with Gasteiger partial charge in [0.25, 0.3) is 0 Å². The van der Waals surface area contributed by atoms with Crippen molar-refractivity contribution in [1.29, 1.82) is 0 Å². The van der Waals surface area contributed by atoms with Gasteiger partial charge in [-0.05, 0) is 55.8 Å². The molecule has 0 spiro atoms. The molecule has 1 aliphatic heterocycles. The lowest BCUT2D eigenvalue weighted by Crippen LogP contribution is -2.46. The van der Waals surface area contributed by atoms with Crippen molar-refractivity contribution in [2.75, 3.05) is 49.5 Å². The molecule has 2 N–H and O–H groups in total. The fraction of sp³-hybridized carbons (Fsp3) is 0.364. The van der Waals surface area contributed by atoms with Crippen LogP contribution in [0.3, 0.4) is 0 Å². The molecule has 2 aromatic carbocycles. The van der Waals surface area contributed by atoms with Crippen LogP contribution in [0.25, 0.3) is 10.2 Å². The first kappa shape index (κ1) is 20.9. The molecule has 3 aromatic rings. The molecule has 2 amide bonds. The number of aromatic nitrogens is 1. The number of urea groups is 1. The topological polar surface area (TPSA) is 60.5 Å². The lowest BCUT2D eigenvalue weighted by Gasteiger charge is -2.36. The predicted molar refractivity (Wildman–Crippen MR) is 126 cm³/mol. The Balaban J connectivity index is 1.10. The Morgan fingerprint density at radius 3 is 2.57 bits per heavy atom. The molecule has 1 saturated heterocycles. The Morgan fingerprint density at radius 2 is 1.80 bits per heavy atom. The van der Waals surface area contributed by atoms with E-state index in [1.165, 1.54) is 17.0 Å². The highest BCUT2D eigenvalue weighted by Crippen LogP contribution is 2.25. The van der Waals surface area contributed by atoms with Gasteiger partial charge in [-0.1, -0.05) is 35.1 Å². The number of rotatable bonds is 7. The zero-order valence-corrected chi connectivity index (χ0v) is 18.4. The predicted octanol–water partition coefficient (Wildman–Crippen LogP) is 4.67. The number of fused-ring (bicyclic) bond motifs is 1. The first-order valence-electron chi connectivity index (χ1n) is 10.3. The summed E-state index contributed by atoms with van der Waals surface area (Å²) in [5.41, 5.74) is 2.15. The van der Waals surface area contributed by atoms with Gasteiger partial charge in [-0.25, -0.2) is 9.78 Å². The van der Waals surface area contributed by atoms with E-state index in [2.05, 4.69) is 37.6 Å². The summed E-state index contributed by atoms with van der Waals surface area (Å²) < 4.78 is 1.07. The fourth-order valence-electron chi connectivity index (χ4n) is 3.61. The summed E-state index contributed by atoms with van der Waals surface area (Å²) in [5, 5.41) is 7.16. The van der Waals surface area contributed by atoms with Gasteiger partial charge < -0.3 is 10.2 Å². The van der Waals surface area contributed by atoms with E-state index in [1.807, 2.05) is 36.4 Å². The standard InChI is InChI=1S/C22H26ClN5OS/c23-17-7-9-18(10-8-17)28-15-13-27(14-16-28)12-4-3-11-24-21(29)26-22-25-19-5-1-2-6-20(19)30-22/h1-2,5-10H,3-4,11-16H2,(H2,24,25,26,29). The number of nitrogens with one attached hydrogen (secondary N) is 2. The van der Waals surface area contributed by atoms with Gasteiger partial charge >= 0.3 is 6.03 Å². The van der Waals surface area contributed by atoms with Gasteiger partial charge in [-0.3, -0.25) is 10.2 Å². The molecule has 0 saturated carbocycles. The zero-order valence-electron chi connectivity index (χ0n) is 16.8. The van der Waals surface area contributed by atoms with Crippen LogP contribution < -0.4 is 15.5 Å². The number of unbranched alkanes of at least 4 members (excludes halogenated alkanes) is 1. The Bertz CT molecular complexity index is 936. The number of anilines is 2. The van der Waals surface area contributed by atoms with Gasteiger partial charge in [0.15, 0.2) is 5.13 Å². The van der Waals surface area contributed by atoms with E-state index in [9.17, 15) is 4.79 Å². The molecule has 8 heteroatoms. The van der Waals surface area contributed by atoms with Gasteiger partial charge in [0, 0.05) is 43.4 Å².